The SMILES string of the molecule is CC(C)Oc1ccc(NCc2ccccc2)cc1Cl. The Morgan fingerprint density at radius 2 is 1.84 bits per heavy atom. The van der Waals surface area contributed by atoms with Gasteiger partial charge in [0.25, 0.3) is 0 Å². The lowest BCUT2D eigenvalue weighted by atomic mass is 10.2. The number of halogens is 1. The maximum atomic E-state index is 6.19. The Labute approximate surface area is 119 Å². The lowest BCUT2D eigenvalue weighted by molar-refractivity contribution is 0.242. The molecule has 0 aromatic heterocycles. The fraction of sp³-hybridized carbons (Fsp3) is 0.250. The summed E-state index contributed by atoms with van der Waals surface area (Å²) in [5.74, 6) is 0.724. The van der Waals surface area contributed by atoms with Gasteiger partial charge in [0.15, 0.2) is 0 Å². The third-order valence-corrected chi connectivity index (χ3v) is 2.93. The fourth-order valence-corrected chi connectivity index (χ4v) is 1.99. The van der Waals surface area contributed by atoms with Crippen molar-refractivity contribution in [1.82, 2.24) is 0 Å². The smallest absolute Gasteiger partial charge is 0.138 e. The van der Waals surface area contributed by atoms with Crippen molar-refractivity contribution in [2.75, 3.05) is 5.32 Å². The standard InChI is InChI=1S/C16H18ClNO/c1-12(2)19-16-9-8-14(10-15(16)17)18-11-13-6-4-3-5-7-13/h3-10,12,18H,11H2,1-2H3. The van der Waals surface area contributed by atoms with Crippen LogP contribution >= 0.6 is 11.6 Å². The van der Waals surface area contributed by atoms with Crippen LogP contribution in [0.2, 0.25) is 5.02 Å². The van der Waals surface area contributed by atoms with Crippen molar-refractivity contribution in [2.45, 2.75) is 26.5 Å². The molecule has 0 fully saturated rings. The highest BCUT2D eigenvalue weighted by Crippen LogP contribution is 2.28. The van der Waals surface area contributed by atoms with Crippen LogP contribution in [0.5, 0.6) is 5.75 Å². The molecule has 1 N–H and O–H groups in total. The first-order valence-electron chi connectivity index (χ1n) is 6.39. The zero-order valence-corrected chi connectivity index (χ0v) is 11.9. The third-order valence-electron chi connectivity index (χ3n) is 2.63. The summed E-state index contributed by atoms with van der Waals surface area (Å²) < 4.78 is 5.60. The van der Waals surface area contributed by atoms with Crippen LogP contribution in [0.25, 0.3) is 0 Å². The van der Waals surface area contributed by atoms with Crippen molar-refractivity contribution >= 4 is 17.3 Å². The number of rotatable bonds is 5. The summed E-state index contributed by atoms with van der Waals surface area (Å²) in [5.41, 5.74) is 2.23. The highest BCUT2D eigenvalue weighted by atomic mass is 35.5. The van der Waals surface area contributed by atoms with Gasteiger partial charge in [0.2, 0.25) is 0 Å². The van der Waals surface area contributed by atoms with E-state index in [9.17, 15) is 0 Å². The minimum absolute atomic E-state index is 0.126. The van der Waals surface area contributed by atoms with Gasteiger partial charge in [-0.25, -0.2) is 0 Å². The van der Waals surface area contributed by atoms with Crippen molar-refractivity contribution in [3.63, 3.8) is 0 Å². The van der Waals surface area contributed by atoms with Crippen molar-refractivity contribution in [1.29, 1.82) is 0 Å². The molecule has 2 nitrogen and oxygen atoms in total. The summed E-state index contributed by atoms with van der Waals surface area (Å²) in [6.45, 7) is 4.75. The molecule has 0 heterocycles. The molecule has 0 bridgehead atoms. The van der Waals surface area contributed by atoms with Crippen LogP contribution in [0.15, 0.2) is 48.5 Å². The monoisotopic (exact) mass is 275 g/mol. The molecular weight excluding hydrogens is 258 g/mol. The number of benzene rings is 2. The van der Waals surface area contributed by atoms with Crippen LogP contribution in [0.4, 0.5) is 5.69 Å². The highest BCUT2D eigenvalue weighted by Gasteiger charge is 2.04. The molecular formula is C16H18ClNO. The minimum Gasteiger partial charge on any atom is -0.489 e. The van der Waals surface area contributed by atoms with Crippen LogP contribution < -0.4 is 10.1 Å². The zero-order chi connectivity index (χ0) is 13.7. The molecule has 0 saturated carbocycles. The van der Waals surface area contributed by atoms with Gasteiger partial charge in [0, 0.05) is 12.2 Å². The van der Waals surface area contributed by atoms with Crippen LogP contribution in [-0.2, 0) is 6.54 Å². The average Bonchev–Trinajstić information content (AvgIpc) is 2.40. The van der Waals surface area contributed by atoms with E-state index in [1.54, 1.807) is 0 Å². The van der Waals surface area contributed by atoms with Gasteiger partial charge < -0.3 is 10.1 Å². The summed E-state index contributed by atoms with van der Waals surface area (Å²) in [7, 11) is 0. The predicted molar refractivity (Wildman–Crippen MR) is 81.0 cm³/mol. The molecule has 0 unspecified atom stereocenters. The van der Waals surface area contributed by atoms with Gasteiger partial charge >= 0.3 is 0 Å². The van der Waals surface area contributed by atoms with E-state index in [1.807, 2.05) is 50.2 Å². The number of nitrogens with one attached hydrogen (secondary N) is 1. The Morgan fingerprint density at radius 3 is 2.47 bits per heavy atom. The molecule has 0 spiro atoms. The van der Waals surface area contributed by atoms with E-state index in [4.69, 9.17) is 16.3 Å². The Balaban J connectivity index is 2.00. The largest absolute Gasteiger partial charge is 0.489 e. The lowest BCUT2D eigenvalue weighted by Gasteiger charge is -2.13. The van der Waals surface area contributed by atoms with Crippen LogP contribution in [-0.4, -0.2) is 6.10 Å². The van der Waals surface area contributed by atoms with Crippen molar-refractivity contribution in [2.24, 2.45) is 0 Å². The third kappa shape index (κ3) is 4.18. The quantitative estimate of drug-likeness (QED) is 0.851. The molecule has 19 heavy (non-hydrogen) atoms. The number of anilines is 1. The number of ether oxygens (including phenoxy) is 1. The van der Waals surface area contributed by atoms with E-state index < -0.39 is 0 Å². The predicted octanol–water partition coefficient (Wildman–Crippen LogP) is 4.74. The normalized spacial score (nSPS) is 10.5. The Hall–Kier alpha value is -1.67. The first-order chi connectivity index (χ1) is 9.15. The molecule has 2 rings (SSSR count). The zero-order valence-electron chi connectivity index (χ0n) is 11.2. The van der Waals surface area contributed by atoms with Crippen LogP contribution in [0.3, 0.4) is 0 Å². The van der Waals surface area contributed by atoms with Gasteiger partial charge in [-0.1, -0.05) is 41.9 Å². The number of hydrogen-bond acceptors (Lipinski definition) is 2. The Kier molecular flexibility index (Phi) is 4.69. The molecule has 0 aliphatic rings. The average molecular weight is 276 g/mol. The van der Waals surface area contributed by atoms with E-state index in [0.717, 1.165) is 18.0 Å². The Bertz CT molecular complexity index is 526. The summed E-state index contributed by atoms with van der Waals surface area (Å²) in [4.78, 5) is 0. The summed E-state index contributed by atoms with van der Waals surface area (Å²) in [6.07, 6.45) is 0.126. The number of hydrogen-bond donors (Lipinski definition) is 1. The molecule has 0 atom stereocenters. The summed E-state index contributed by atoms with van der Waals surface area (Å²) in [5, 5.41) is 3.97. The second-order valence-corrected chi connectivity index (χ2v) is 5.06. The van der Waals surface area contributed by atoms with Gasteiger partial charge in [-0.15, -0.1) is 0 Å². The maximum absolute atomic E-state index is 6.19. The van der Waals surface area contributed by atoms with Gasteiger partial charge in [-0.05, 0) is 37.6 Å². The molecule has 100 valence electrons. The maximum Gasteiger partial charge on any atom is 0.138 e. The molecule has 0 amide bonds. The van der Waals surface area contributed by atoms with Crippen molar-refractivity contribution in [3.05, 3.63) is 59.1 Å². The molecule has 3 heteroatoms. The lowest BCUT2D eigenvalue weighted by Crippen LogP contribution is -2.06. The summed E-state index contributed by atoms with van der Waals surface area (Å²) in [6, 6.07) is 16.0. The molecule has 0 aliphatic carbocycles. The van der Waals surface area contributed by atoms with E-state index in [0.29, 0.717) is 5.02 Å². The first kappa shape index (κ1) is 13.8. The van der Waals surface area contributed by atoms with Crippen molar-refractivity contribution < 1.29 is 4.74 Å². The van der Waals surface area contributed by atoms with Crippen LogP contribution in [0, 0.1) is 0 Å². The molecule has 0 radical (unpaired) electrons. The molecule has 2 aromatic carbocycles. The van der Waals surface area contributed by atoms with Gasteiger partial charge in [-0.3, -0.25) is 0 Å². The van der Waals surface area contributed by atoms with E-state index >= 15 is 0 Å². The Morgan fingerprint density at radius 1 is 1.11 bits per heavy atom. The van der Waals surface area contributed by atoms with Gasteiger partial charge in [-0.2, -0.15) is 0 Å². The topological polar surface area (TPSA) is 21.3 Å². The highest BCUT2D eigenvalue weighted by molar-refractivity contribution is 6.32. The van der Waals surface area contributed by atoms with Crippen LogP contribution in [0.1, 0.15) is 19.4 Å². The van der Waals surface area contributed by atoms with Gasteiger partial charge in [0.05, 0.1) is 11.1 Å². The van der Waals surface area contributed by atoms with E-state index in [-0.39, 0.29) is 6.10 Å². The fourth-order valence-electron chi connectivity index (χ4n) is 1.76. The second kappa shape index (κ2) is 6.48. The molecule has 2 aromatic rings. The molecule has 0 aliphatic heterocycles. The van der Waals surface area contributed by atoms with E-state index in [2.05, 4.69) is 17.4 Å². The van der Waals surface area contributed by atoms with Gasteiger partial charge in [0.1, 0.15) is 5.75 Å². The molecule has 0 saturated heterocycles. The first-order valence-corrected chi connectivity index (χ1v) is 6.77. The second-order valence-electron chi connectivity index (χ2n) is 4.65. The van der Waals surface area contributed by atoms with E-state index in [1.165, 1.54) is 5.56 Å². The summed E-state index contributed by atoms with van der Waals surface area (Å²) >= 11 is 6.19. The van der Waals surface area contributed by atoms with Crippen molar-refractivity contribution in [3.8, 4) is 5.75 Å². The minimum atomic E-state index is 0.126.